The Labute approximate surface area is 229 Å². The predicted octanol–water partition coefficient (Wildman–Crippen LogP) is 1.87. The van der Waals surface area contributed by atoms with E-state index in [1.165, 1.54) is 18.4 Å². The number of amides is 2. The molecule has 1 atom stereocenters. The second-order valence-corrected chi connectivity index (χ2v) is 11.8. The van der Waals surface area contributed by atoms with Crippen LogP contribution in [0.2, 0.25) is 0 Å². The number of aryl methyl sites for hydroxylation is 1. The molecule has 2 aliphatic heterocycles. The van der Waals surface area contributed by atoms with Crippen LogP contribution in [0.3, 0.4) is 0 Å². The van der Waals surface area contributed by atoms with Crippen molar-refractivity contribution in [2.24, 2.45) is 0 Å². The zero-order chi connectivity index (χ0) is 28.2. The van der Waals surface area contributed by atoms with E-state index >= 15 is 0 Å². The second-order valence-electron chi connectivity index (χ2n) is 9.68. The number of nitrogens with one attached hydrogen (secondary N) is 2. The molecule has 1 unspecified atom stereocenters. The third kappa shape index (κ3) is 6.45. The van der Waals surface area contributed by atoms with Crippen molar-refractivity contribution in [3.8, 4) is 28.4 Å². The van der Waals surface area contributed by atoms with Crippen LogP contribution >= 0.6 is 0 Å². The first kappa shape index (κ1) is 28.7. The van der Waals surface area contributed by atoms with Crippen molar-refractivity contribution in [1.82, 2.24) is 19.2 Å². The molecule has 0 fully saturated rings. The molecule has 212 valence electrons. The van der Waals surface area contributed by atoms with Gasteiger partial charge in [0.15, 0.2) is 11.5 Å². The van der Waals surface area contributed by atoms with Crippen molar-refractivity contribution in [3.63, 3.8) is 0 Å². The number of rotatable bonds is 4. The summed E-state index contributed by atoms with van der Waals surface area (Å²) in [5.74, 6) is 1.31. The number of carbonyl (C=O) groups excluding carboxylic acids is 2. The first-order chi connectivity index (χ1) is 18.6. The average Bonchev–Trinajstić information content (AvgIpc) is 2.92. The summed E-state index contributed by atoms with van der Waals surface area (Å²) in [6, 6.07) is 9.30. The quantitative estimate of drug-likeness (QED) is 0.585. The van der Waals surface area contributed by atoms with Gasteiger partial charge in [-0.15, -0.1) is 0 Å². The fourth-order valence-electron chi connectivity index (χ4n) is 4.82. The number of benzene rings is 2. The number of ether oxygens (including phenoxy) is 3. The molecule has 2 aromatic rings. The highest BCUT2D eigenvalue weighted by Crippen LogP contribution is 2.42. The summed E-state index contributed by atoms with van der Waals surface area (Å²) in [6.07, 6.45) is 1.21. The van der Waals surface area contributed by atoms with E-state index in [-0.39, 0.29) is 50.3 Å². The summed E-state index contributed by atoms with van der Waals surface area (Å²) in [6.45, 7) is 0.604. The minimum atomic E-state index is -3.79. The fraction of sp³-hybridized carbons (Fsp3) is 0.481. The van der Waals surface area contributed by atoms with Gasteiger partial charge in [-0.1, -0.05) is 6.07 Å². The highest BCUT2D eigenvalue weighted by atomic mass is 32.2. The van der Waals surface area contributed by atoms with Crippen molar-refractivity contribution in [1.29, 1.82) is 0 Å². The molecule has 0 saturated heterocycles. The number of hydrogen-bond acceptors (Lipinski definition) is 7. The molecule has 2 heterocycles. The summed E-state index contributed by atoms with van der Waals surface area (Å²) < 4.78 is 45.2. The first-order valence-corrected chi connectivity index (χ1v) is 14.3. The summed E-state index contributed by atoms with van der Waals surface area (Å²) in [4.78, 5) is 25.6. The van der Waals surface area contributed by atoms with Gasteiger partial charge in [-0.3, -0.25) is 9.59 Å². The normalized spacial score (nSPS) is 19.3. The van der Waals surface area contributed by atoms with Gasteiger partial charge in [0.2, 0.25) is 11.8 Å². The van der Waals surface area contributed by atoms with Crippen LogP contribution in [0.25, 0.3) is 11.1 Å². The van der Waals surface area contributed by atoms with Gasteiger partial charge in [-0.2, -0.15) is 17.0 Å². The Morgan fingerprint density at radius 1 is 1.00 bits per heavy atom. The first-order valence-electron chi connectivity index (χ1n) is 12.9. The van der Waals surface area contributed by atoms with Gasteiger partial charge in [0.25, 0.3) is 10.2 Å². The van der Waals surface area contributed by atoms with Gasteiger partial charge in [0.05, 0.1) is 26.9 Å². The zero-order valence-corrected chi connectivity index (χ0v) is 23.6. The van der Waals surface area contributed by atoms with E-state index in [1.54, 1.807) is 14.2 Å². The van der Waals surface area contributed by atoms with E-state index in [0.29, 0.717) is 36.7 Å². The lowest BCUT2D eigenvalue weighted by atomic mass is 9.93. The highest BCUT2D eigenvalue weighted by Gasteiger charge is 2.28. The number of methoxy groups -OCH3 is 2. The monoisotopic (exact) mass is 560 g/mol. The van der Waals surface area contributed by atoms with Crippen molar-refractivity contribution >= 4 is 22.0 Å². The summed E-state index contributed by atoms with van der Waals surface area (Å²) in [5.41, 5.74) is 3.37. The molecule has 0 radical (unpaired) electrons. The molecular weight excluding hydrogens is 524 g/mol. The SMILES string of the molecule is COc1cc2cc(c1OC)-c1ccc3c(c1)C(CCO3)NC(=O)CCN(S(=O)(=O)N(C)C)CCNC(=O)CC2. The van der Waals surface area contributed by atoms with Gasteiger partial charge in [0, 0.05) is 64.1 Å². The van der Waals surface area contributed by atoms with Crippen molar-refractivity contribution in [2.75, 3.05) is 54.6 Å². The summed E-state index contributed by atoms with van der Waals surface area (Å²) >= 11 is 0. The Morgan fingerprint density at radius 3 is 2.51 bits per heavy atom. The minimum absolute atomic E-state index is 0.0140. The minimum Gasteiger partial charge on any atom is -0.493 e. The van der Waals surface area contributed by atoms with Crippen LogP contribution < -0.4 is 24.8 Å². The van der Waals surface area contributed by atoms with Crippen LogP contribution in [0, 0.1) is 0 Å². The molecular formula is C27H36N4O7S. The van der Waals surface area contributed by atoms with Crippen LogP contribution in [0.4, 0.5) is 0 Å². The van der Waals surface area contributed by atoms with E-state index < -0.39 is 10.2 Å². The number of fused-ring (bicyclic) bond motifs is 4. The number of carbonyl (C=O) groups is 2. The summed E-state index contributed by atoms with van der Waals surface area (Å²) in [7, 11) is 2.23. The molecule has 39 heavy (non-hydrogen) atoms. The lowest BCUT2D eigenvalue weighted by molar-refractivity contribution is -0.122. The fourth-order valence-corrected chi connectivity index (χ4v) is 5.93. The number of nitrogens with zero attached hydrogens (tertiary/aromatic N) is 2. The molecule has 0 aromatic heterocycles. The highest BCUT2D eigenvalue weighted by molar-refractivity contribution is 7.86. The molecule has 0 aliphatic carbocycles. The zero-order valence-electron chi connectivity index (χ0n) is 22.8. The predicted molar refractivity (Wildman–Crippen MR) is 146 cm³/mol. The molecule has 11 nitrogen and oxygen atoms in total. The van der Waals surface area contributed by atoms with E-state index in [1.807, 2.05) is 30.3 Å². The van der Waals surface area contributed by atoms with Gasteiger partial charge in [0.1, 0.15) is 5.75 Å². The maximum Gasteiger partial charge on any atom is 0.281 e. The Morgan fingerprint density at radius 2 is 1.79 bits per heavy atom. The third-order valence-electron chi connectivity index (χ3n) is 6.93. The topological polar surface area (TPSA) is 127 Å². The maximum absolute atomic E-state index is 13.0. The van der Waals surface area contributed by atoms with Crippen LogP contribution in [-0.2, 0) is 26.2 Å². The standard InChI is InChI=1S/C27H36N4O7S/c1-30(2)39(34,35)31-12-9-26(33)29-22-10-14-38-23-7-6-19(17-21(22)23)20-15-18(5-8-25(32)28-11-13-31)16-24(36-3)27(20)37-4/h6-7,15-17,22H,5,8-14H2,1-4H3,(H,28,32)(H,29,33). The molecule has 2 amide bonds. The Bertz CT molecular complexity index is 1330. The van der Waals surface area contributed by atoms with Gasteiger partial charge >= 0.3 is 0 Å². The lowest BCUT2D eigenvalue weighted by Crippen LogP contribution is -2.45. The van der Waals surface area contributed by atoms with Crippen molar-refractivity contribution in [2.45, 2.75) is 31.7 Å². The van der Waals surface area contributed by atoms with Crippen LogP contribution in [-0.4, -0.2) is 83.4 Å². The van der Waals surface area contributed by atoms with E-state index in [0.717, 1.165) is 26.6 Å². The van der Waals surface area contributed by atoms with Gasteiger partial charge in [-0.05, 0) is 41.8 Å². The smallest absolute Gasteiger partial charge is 0.281 e. The molecule has 0 spiro atoms. The molecule has 2 aliphatic rings. The van der Waals surface area contributed by atoms with Crippen LogP contribution in [0.5, 0.6) is 17.2 Å². The molecule has 4 rings (SSSR count). The van der Waals surface area contributed by atoms with E-state index in [9.17, 15) is 18.0 Å². The molecule has 12 heteroatoms. The molecule has 2 N–H and O–H groups in total. The average molecular weight is 561 g/mol. The Balaban J connectivity index is 1.74. The molecule has 2 aromatic carbocycles. The van der Waals surface area contributed by atoms with Crippen molar-refractivity contribution in [3.05, 3.63) is 41.5 Å². The van der Waals surface area contributed by atoms with Gasteiger partial charge < -0.3 is 24.8 Å². The Hall–Kier alpha value is -3.35. The van der Waals surface area contributed by atoms with Crippen LogP contribution in [0.1, 0.15) is 36.4 Å². The largest absolute Gasteiger partial charge is 0.493 e. The third-order valence-corrected chi connectivity index (χ3v) is 8.87. The van der Waals surface area contributed by atoms with E-state index in [2.05, 4.69) is 10.6 Å². The van der Waals surface area contributed by atoms with Crippen molar-refractivity contribution < 1.29 is 32.2 Å². The summed E-state index contributed by atoms with van der Waals surface area (Å²) in [5, 5.41) is 5.86. The molecule has 0 saturated carbocycles. The van der Waals surface area contributed by atoms with Crippen LogP contribution in [0.15, 0.2) is 30.3 Å². The lowest BCUT2D eigenvalue weighted by Gasteiger charge is -2.29. The van der Waals surface area contributed by atoms with Gasteiger partial charge in [-0.25, -0.2) is 0 Å². The van der Waals surface area contributed by atoms with E-state index in [4.69, 9.17) is 14.2 Å². The number of hydrogen-bond donors (Lipinski definition) is 2. The maximum atomic E-state index is 13.0. The molecule has 4 bridgehead atoms. The second kappa shape index (κ2) is 12.2. The Kier molecular flexibility index (Phi) is 8.98.